The number of nitrogens with zero attached hydrogens (tertiary/aromatic N) is 1. The van der Waals surface area contributed by atoms with Crippen LogP contribution >= 0.6 is 23.5 Å². The van der Waals surface area contributed by atoms with Crippen LogP contribution in [0.25, 0.3) is 0 Å². The number of carbonyl (C=O) groups is 1. The van der Waals surface area contributed by atoms with E-state index in [1.807, 2.05) is 0 Å². The molecule has 0 radical (unpaired) electrons. The Balaban J connectivity index is 1.46. The van der Waals surface area contributed by atoms with Gasteiger partial charge >= 0.3 is 0 Å². The summed E-state index contributed by atoms with van der Waals surface area (Å²) in [6, 6.07) is 10.9. The number of thioether (sulfide) groups is 2. The fraction of sp³-hybridized carbons (Fsp3) is 0.588. The van der Waals surface area contributed by atoms with Crippen molar-refractivity contribution in [2.45, 2.75) is 30.5 Å². The molecule has 2 aliphatic rings. The van der Waals surface area contributed by atoms with Crippen molar-refractivity contribution in [1.82, 2.24) is 10.2 Å². The highest BCUT2D eigenvalue weighted by Gasteiger charge is 2.30. The Labute approximate surface area is 141 Å². The molecule has 3 nitrogen and oxygen atoms in total. The predicted molar refractivity (Wildman–Crippen MR) is 96.1 cm³/mol. The van der Waals surface area contributed by atoms with Crippen LogP contribution in [0, 0.1) is 5.92 Å². The molecule has 1 aromatic rings. The van der Waals surface area contributed by atoms with Gasteiger partial charge in [0.15, 0.2) is 0 Å². The van der Waals surface area contributed by atoms with Gasteiger partial charge in [-0.15, -0.1) is 23.5 Å². The molecule has 0 aliphatic carbocycles. The van der Waals surface area contributed by atoms with E-state index >= 15 is 0 Å². The lowest BCUT2D eigenvalue weighted by Gasteiger charge is -2.23. The van der Waals surface area contributed by atoms with Crippen LogP contribution in [0.4, 0.5) is 0 Å². The van der Waals surface area contributed by atoms with E-state index in [9.17, 15) is 4.79 Å². The number of hydrogen-bond donors (Lipinski definition) is 1. The molecule has 0 saturated carbocycles. The molecular formula is C17H24N2OS2. The first-order valence-electron chi connectivity index (χ1n) is 8.02. The average Bonchev–Trinajstić information content (AvgIpc) is 3.19. The Morgan fingerprint density at radius 3 is 2.77 bits per heavy atom. The molecule has 0 spiro atoms. The second-order valence-electron chi connectivity index (χ2n) is 6.14. The van der Waals surface area contributed by atoms with E-state index in [1.54, 1.807) is 23.5 Å². The summed E-state index contributed by atoms with van der Waals surface area (Å²) < 4.78 is 0.115. The van der Waals surface area contributed by atoms with Crippen molar-refractivity contribution in [3.63, 3.8) is 0 Å². The minimum Gasteiger partial charge on any atom is -0.352 e. The lowest BCUT2D eigenvalue weighted by atomic mass is 10.0. The molecule has 0 aromatic heterocycles. The fourth-order valence-electron chi connectivity index (χ4n) is 3.18. The summed E-state index contributed by atoms with van der Waals surface area (Å²) in [5.41, 5.74) is 1.37. The number of nitrogens with one attached hydrogen (secondary N) is 1. The van der Waals surface area contributed by atoms with Crippen molar-refractivity contribution in [3.8, 4) is 0 Å². The Morgan fingerprint density at radius 1 is 1.32 bits per heavy atom. The number of carbonyl (C=O) groups excluding carboxylic acids is 1. The smallest absolute Gasteiger partial charge is 0.243 e. The molecule has 2 unspecified atom stereocenters. The third-order valence-corrected chi connectivity index (χ3v) is 7.46. The molecule has 2 heterocycles. The van der Waals surface area contributed by atoms with Crippen molar-refractivity contribution in [2.75, 3.05) is 24.6 Å². The minimum absolute atomic E-state index is 0.115. The quantitative estimate of drug-likeness (QED) is 0.896. The molecule has 0 bridgehead atoms. The Kier molecular flexibility index (Phi) is 5.71. The van der Waals surface area contributed by atoms with Gasteiger partial charge < -0.3 is 5.32 Å². The standard InChI is InChI=1S/C17H24N2OS2/c1-13(18-16(20)17-21-9-10-22-17)15-7-8-19(12-15)11-14-5-3-2-4-6-14/h2-6,13,15,17H,7-12H2,1H3,(H,18,20). The van der Waals surface area contributed by atoms with Crippen LogP contribution in [0.2, 0.25) is 0 Å². The topological polar surface area (TPSA) is 32.3 Å². The normalized spacial score (nSPS) is 24.5. The van der Waals surface area contributed by atoms with Crippen LogP contribution in [0.15, 0.2) is 30.3 Å². The maximum absolute atomic E-state index is 12.2. The van der Waals surface area contributed by atoms with Crippen molar-refractivity contribution < 1.29 is 4.79 Å². The van der Waals surface area contributed by atoms with Gasteiger partial charge in [0.25, 0.3) is 0 Å². The van der Waals surface area contributed by atoms with Gasteiger partial charge in [-0.05, 0) is 31.4 Å². The van der Waals surface area contributed by atoms with Gasteiger partial charge in [0.2, 0.25) is 5.91 Å². The zero-order chi connectivity index (χ0) is 15.4. The monoisotopic (exact) mass is 336 g/mol. The average molecular weight is 337 g/mol. The third kappa shape index (κ3) is 4.21. The van der Waals surface area contributed by atoms with Gasteiger partial charge in [-0.3, -0.25) is 9.69 Å². The molecule has 5 heteroatoms. The molecule has 1 N–H and O–H groups in total. The second kappa shape index (κ2) is 7.75. The van der Waals surface area contributed by atoms with Gasteiger partial charge in [-0.2, -0.15) is 0 Å². The number of hydrogen-bond acceptors (Lipinski definition) is 4. The summed E-state index contributed by atoms with van der Waals surface area (Å²) in [6.07, 6.45) is 1.18. The fourth-order valence-corrected chi connectivity index (χ4v) is 5.78. The number of benzene rings is 1. The first-order chi connectivity index (χ1) is 10.7. The zero-order valence-corrected chi connectivity index (χ0v) is 14.7. The highest BCUT2D eigenvalue weighted by molar-refractivity contribution is 8.21. The van der Waals surface area contributed by atoms with Crippen molar-refractivity contribution in [1.29, 1.82) is 0 Å². The lowest BCUT2D eigenvalue weighted by Crippen LogP contribution is -2.42. The lowest BCUT2D eigenvalue weighted by molar-refractivity contribution is -0.120. The Bertz CT molecular complexity index is 491. The molecule has 2 saturated heterocycles. The van der Waals surface area contributed by atoms with Crippen molar-refractivity contribution in [2.24, 2.45) is 5.92 Å². The first-order valence-corrected chi connectivity index (χ1v) is 10.1. The molecular weight excluding hydrogens is 312 g/mol. The van der Waals surface area contributed by atoms with Gasteiger partial charge in [0, 0.05) is 30.6 Å². The number of rotatable bonds is 5. The SMILES string of the molecule is CC(NC(=O)C1SCCS1)C1CCN(Cc2ccccc2)C1. The molecule has 1 amide bonds. The number of likely N-dealkylation sites (tertiary alicyclic amines) is 1. The van der Waals surface area contributed by atoms with Crippen LogP contribution in [-0.4, -0.2) is 46.0 Å². The maximum atomic E-state index is 12.2. The maximum Gasteiger partial charge on any atom is 0.243 e. The van der Waals surface area contributed by atoms with Gasteiger partial charge in [-0.25, -0.2) is 0 Å². The molecule has 120 valence electrons. The summed E-state index contributed by atoms with van der Waals surface area (Å²) >= 11 is 3.56. The van der Waals surface area contributed by atoms with Gasteiger partial charge in [-0.1, -0.05) is 30.3 Å². The molecule has 22 heavy (non-hydrogen) atoms. The van der Waals surface area contributed by atoms with Crippen LogP contribution in [-0.2, 0) is 11.3 Å². The summed E-state index contributed by atoms with van der Waals surface area (Å²) in [5, 5.41) is 3.24. The minimum atomic E-state index is 0.115. The Hall–Kier alpha value is -0.650. The summed E-state index contributed by atoms with van der Waals surface area (Å²) in [4.78, 5) is 14.7. The highest BCUT2D eigenvalue weighted by atomic mass is 32.2. The van der Waals surface area contributed by atoms with Crippen LogP contribution < -0.4 is 5.32 Å². The summed E-state index contributed by atoms with van der Waals surface area (Å²) in [6.45, 7) is 5.40. The van der Waals surface area contributed by atoms with E-state index in [0.29, 0.717) is 5.92 Å². The van der Waals surface area contributed by atoms with Crippen LogP contribution in [0.1, 0.15) is 18.9 Å². The Morgan fingerprint density at radius 2 is 2.05 bits per heavy atom. The van der Waals surface area contributed by atoms with Gasteiger partial charge in [0.1, 0.15) is 4.58 Å². The van der Waals surface area contributed by atoms with Crippen LogP contribution in [0.3, 0.4) is 0 Å². The largest absolute Gasteiger partial charge is 0.352 e. The van der Waals surface area contributed by atoms with Gasteiger partial charge in [0.05, 0.1) is 0 Å². The van der Waals surface area contributed by atoms with E-state index < -0.39 is 0 Å². The first kappa shape index (κ1) is 16.2. The van der Waals surface area contributed by atoms with E-state index in [2.05, 4.69) is 47.5 Å². The van der Waals surface area contributed by atoms with E-state index in [0.717, 1.165) is 31.1 Å². The van der Waals surface area contributed by atoms with E-state index in [1.165, 1.54) is 12.0 Å². The van der Waals surface area contributed by atoms with Crippen LogP contribution in [0.5, 0.6) is 0 Å². The molecule has 1 aromatic carbocycles. The van der Waals surface area contributed by atoms with E-state index in [-0.39, 0.29) is 16.5 Å². The predicted octanol–water partition coefficient (Wildman–Crippen LogP) is 2.82. The van der Waals surface area contributed by atoms with E-state index in [4.69, 9.17) is 0 Å². The molecule has 3 rings (SSSR count). The van der Waals surface area contributed by atoms with Crippen molar-refractivity contribution >= 4 is 29.4 Å². The molecule has 2 aliphatic heterocycles. The summed E-state index contributed by atoms with van der Waals surface area (Å²) in [5.74, 6) is 3.00. The second-order valence-corrected chi connectivity index (χ2v) is 8.86. The highest BCUT2D eigenvalue weighted by Crippen LogP contribution is 2.32. The van der Waals surface area contributed by atoms with Crippen molar-refractivity contribution in [3.05, 3.63) is 35.9 Å². The summed E-state index contributed by atoms with van der Waals surface area (Å²) in [7, 11) is 0. The molecule has 2 fully saturated rings. The molecule has 2 atom stereocenters. The zero-order valence-electron chi connectivity index (χ0n) is 13.0. The number of amides is 1. The third-order valence-electron chi connectivity index (χ3n) is 4.47.